The number of rotatable bonds is 10. The summed E-state index contributed by atoms with van der Waals surface area (Å²) in [6.45, 7) is 0.834. The number of aromatic amines is 1. The molecule has 208 valence electrons. The third-order valence-electron chi connectivity index (χ3n) is 6.25. The standard InChI is InChI=1S/C30H29ClN8O2/c1-39(2)14-6-11-27(40)35-21-12-13-26(32-16-21)29(41)36-19-7-5-8-20(15-19)37-30-34-18-24(31)28(38-30)23-17-33-25-10-4-3-9-22(23)25/h3-5,7-10,12-13,15-18,33H,6,11,14H2,1-2H3,(H,35,40)(H,36,41)(H,34,37,38). The lowest BCUT2D eigenvalue weighted by atomic mass is 10.1. The van der Waals surface area contributed by atoms with E-state index in [1.54, 1.807) is 36.5 Å². The van der Waals surface area contributed by atoms with Crippen LogP contribution in [0, 0.1) is 0 Å². The van der Waals surface area contributed by atoms with Crippen molar-refractivity contribution in [2.45, 2.75) is 12.8 Å². The smallest absolute Gasteiger partial charge is 0.274 e. The SMILES string of the molecule is CN(C)CCCC(=O)Nc1ccc(C(=O)Nc2cccc(Nc3ncc(Cl)c(-c4c[nH]c5ccccc45)n3)c2)nc1. The average molecular weight is 569 g/mol. The molecule has 5 rings (SSSR count). The number of anilines is 4. The van der Waals surface area contributed by atoms with E-state index in [0.717, 1.165) is 29.4 Å². The van der Waals surface area contributed by atoms with E-state index in [4.69, 9.17) is 11.6 Å². The Morgan fingerprint density at radius 3 is 2.56 bits per heavy atom. The number of carbonyl (C=O) groups is 2. The van der Waals surface area contributed by atoms with Crippen LogP contribution in [0.1, 0.15) is 23.3 Å². The number of aromatic nitrogens is 4. The lowest BCUT2D eigenvalue weighted by molar-refractivity contribution is -0.116. The van der Waals surface area contributed by atoms with Gasteiger partial charge in [-0.15, -0.1) is 0 Å². The fourth-order valence-corrected chi connectivity index (χ4v) is 4.46. The summed E-state index contributed by atoms with van der Waals surface area (Å²) in [6.07, 6.45) is 6.08. The Hall–Kier alpha value is -4.80. The first-order valence-corrected chi connectivity index (χ1v) is 13.4. The summed E-state index contributed by atoms with van der Waals surface area (Å²) < 4.78 is 0. The maximum absolute atomic E-state index is 12.8. The first-order valence-electron chi connectivity index (χ1n) is 13.0. The zero-order valence-corrected chi connectivity index (χ0v) is 23.4. The molecule has 0 bridgehead atoms. The van der Waals surface area contributed by atoms with Gasteiger partial charge >= 0.3 is 0 Å². The normalized spacial score (nSPS) is 11.0. The first kappa shape index (κ1) is 27.8. The fourth-order valence-electron chi connectivity index (χ4n) is 4.26. The minimum Gasteiger partial charge on any atom is -0.360 e. The summed E-state index contributed by atoms with van der Waals surface area (Å²) in [4.78, 5) is 43.4. The van der Waals surface area contributed by atoms with Crippen molar-refractivity contribution < 1.29 is 9.59 Å². The Balaban J connectivity index is 1.23. The summed E-state index contributed by atoms with van der Waals surface area (Å²) in [7, 11) is 3.93. The molecule has 0 saturated carbocycles. The maximum atomic E-state index is 12.8. The highest BCUT2D eigenvalue weighted by molar-refractivity contribution is 6.33. The number of pyridine rings is 1. The number of carbonyl (C=O) groups excluding carboxylic acids is 2. The van der Waals surface area contributed by atoms with Crippen molar-refractivity contribution in [3.05, 3.63) is 90.0 Å². The summed E-state index contributed by atoms with van der Waals surface area (Å²) in [6, 6.07) is 18.3. The first-order chi connectivity index (χ1) is 19.9. The fraction of sp³-hybridized carbons (Fsp3) is 0.167. The van der Waals surface area contributed by atoms with Crippen LogP contribution in [0.2, 0.25) is 5.02 Å². The number of hydrogen-bond acceptors (Lipinski definition) is 7. The Morgan fingerprint density at radius 2 is 1.76 bits per heavy atom. The van der Waals surface area contributed by atoms with Gasteiger partial charge in [-0.3, -0.25) is 9.59 Å². The molecule has 41 heavy (non-hydrogen) atoms. The van der Waals surface area contributed by atoms with Gasteiger partial charge in [-0.1, -0.05) is 35.9 Å². The van der Waals surface area contributed by atoms with E-state index in [-0.39, 0.29) is 17.5 Å². The summed E-state index contributed by atoms with van der Waals surface area (Å²) in [5.74, 6) is -0.108. The van der Waals surface area contributed by atoms with Crippen LogP contribution in [0.5, 0.6) is 0 Å². The average Bonchev–Trinajstić information content (AvgIpc) is 3.38. The highest BCUT2D eigenvalue weighted by atomic mass is 35.5. The zero-order chi connectivity index (χ0) is 28.8. The molecule has 2 amide bonds. The minimum atomic E-state index is -0.379. The number of hydrogen-bond donors (Lipinski definition) is 4. The van der Waals surface area contributed by atoms with Gasteiger partial charge in [0.15, 0.2) is 0 Å². The Bertz CT molecular complexity index is 1680. The van der Waals surface area contributed by atoms with E-state index >= 15 is 0 Å². The van der Waals surface area contributed by atoms with Gasteiger partial charge in [0.2, 0.25) is 11.9 Å². The molecule has 4 N–H and O–H groups in total. The zero-order valence-electron chi connectivity index (χ0n) is 22.6. The molecule has 0 aliphatic carbocycles. The van der Waals surface area contributed by atoms with Gasteiger partial charge in [-0.25, -0.2) is 15.0 Å². The molecule has 0 spiro atoms. The molecule has 2 aromatic carbocycles. The van der Waals surface area contributed by atoms with E-state index < -0.39 is 0 Å². The van der Waals surface area contributed by atoms with Crippen molar-refractivity contribution in [1.29, 1.82) is 0 Å². The van der Waals surface area contributed by atoms with Crippen LogP contribution < -0.4 is 16.0 Å². The van der Waals surface area contributed by atoms with Crippen molar-refractivity contribution in [1.82, 2.24) is 24.8 Å². The third-order valence-corrected chi connectivity index (χ3v) is 6.53. The van der Waals surface area contributed by atoms with Gasteiger partial charge in [0, 0.05) is 40.5 Å². The lowest BCUT2D eigenvalue weighted by Gasteiger charge is -2.11. The van der Waals surface area contributed by atoms with Crippen molar-refractivity contribution in [3.63, 3.8) is 0 Å². The Morgan fingerprint density at radius 1 is 0.927 bits per heavy atom. The summed E-state index contributed by atoms with van der Waals surface area (Å²) >= 11 is 6.45. The predicted octanol–water partition coefficient (Wildman–Crippen LogP) is 5.95. The van der Waals surface area contributed by atoms with Gasteiger partial charge in [-0.05, 0) is 63.5 Å². The summed E-state index contributed by atoms with van der Waals surface area (Å²) in [5, 5.41) is 10.3. The number of halogens is 1. The molecule has 0 aliphatic rings. The second kappa shape index (κ2) is 12.6. The molecule has 0 fully saturated rings. The highest BCUT2D eigenvalue weighted by Gasteiger charge is 2.14. The maximum Gasteiger partial charge on any atom is 0.274 e. The topological polar surface area (TPSA) is 128 Å². The highest BCUT2D eigenvalue weighted by Crippen LogP contribution is 2.32. The van der Waals surface area contributed by atoms with Crippen molar-refractivity contribution in [3.8, 4) is 11.3 Å². The molecular weight excluding hydrogens is 540 g/mol. The van der Waals surface area contributed by atoms with Gasteiger partial charge in [-0.2, -0.15) is 0 Å². The summed E-state index contributed by atoms with van der Waals surface area (Å²) in [5.41, 5.74) is 4.46. The predicted molar refractivity (Wildman–Crippen MR) is 163 cm³/mol. The molecule has 5 aromatic rings. The third kappa shape index (κ3) is 7.05. The van der Waals surface area contributed by atoms with E-state index in [1.165, 1.54) is 6.20 Å². The number of fused-ring (bicyclic) bond motifs is 1. The molecule has 0 unspecified atom stereocenters. The van der Waals surface area contributed by atoms with E-state index in [9.17, 15) is 9.59 Å². The van der Waals surface area contributed by atoms with Crippen LogP contribution in [0.3, 0.4) is 0 Å². The number of para-hydroxylation sites is 1. The molecule has 0 radical (unpaired) electrons. The number of amides is 2. The van der Waals surface area contributed by atoms with Crippen LogP contribution >= 0.6 is 11.6 Å². The van der Waals surface area contributed by atoms with Crippen molar-refractivity contribution in [2.75, 3.05) is 36.6 Å². The molecular formula is C30H29ClN8O2. The van der Waals surface area contributed by atoms with E-state index in [0.29, 0.717) is 40.1 Å². The van der Waals surface area contributed by atoms with Gasteiger partial charge < -0.3 is 25.8 Å². The number of nitrogens with one attached hydrogen (secondary N) is 4. The number of benzene rings is 2. The van der Waals surface area contributed by atoms with Crippen LogP contribution in [0.25, 0.3) is 22.2 Å². The molecule has 0 atom stereocenters. The van der Waals surface area contributed by atoms with E-state index in [1.807, 2.05) is 55.5 Å². The van der Waals surface area contributed by atoms with Crippen molar-refractivity contribution >= 4 is 57.3 Å². The minimum absolute atomic E-state index is 0.0894. The molecule has 3 heterocycles. The molecule has 10 nitrogen and oxygen atoms in total. The van der Waals surface area contributed by atoms with Crippen LogP contribution in [-0.2, 0) is 4.79 Å². The Kier molecular flexibility index (Phi) is 8.52. The molecule has 3 aromatic heterocycles. The van der Waals surface area contributed by atoms with Crippen LogP contribution in [-0.4, -0.2) is 57.3 Å². The van der Waals surface area contributed by atoms with Crippen LogP contribution in [0.15, 0.2) is 79.3 Å². The number of nitrogens with zero attached hydrogens (tertiary/aromatic N) is 4. The van der Waals surface area contributed by atoms with Gasteiger partial charge in [0.25, 0.3) is 5.91 Å². The van der Waals surface area contributed by atoms with Gasteiger partial charge in [0.1, 0.15) is 5.69 Å². The van der Waals surface area contributed by atoms with E-state index in [2.05, 4.69) is 35.9 Å². The quantitative estimate of drug-likeness (QED) is 0.164. The Labute approximate surface area is 242 Å². The number of H-pyrrole nitrogens is 1. The largest absolute Gasteiger partial charge is 0.360 e. The van der Waals surface area contributed by atoms with Crippen molar-refractivity contribution in [2.24, 2.45) is 0 Å². The monoisotopic (exact) mass is 568 g/mol. The van der Waals surface area contributed by atoms with Gasteiger partial charge in [0.05, 0.1) is 28.8 Å². The second-order valence-electron chi connectivity index (χ2n) is 9.69. The van der Waals surface area contributed by atoms with Crippen LogP contribution in [0.4, 0.5) is 23.0 Å². The second-order valence-corrected chi connectivity index (χ2v) is 10.1. The molecule has 0 saturated heterocycles. The molecule has 11 heteroatoms. The lowest BCUT2D eigenvalue weighted by Crippen LogP contribution is -2.17. The molecule has 0 aliphatic heterocycles.